The van der Waals surface area contributed by atoms with E-state index in [9.17, 15) is 9.59 Å². The largest absolute Gasteiger partial charge is 0.444 e. The number of halogens is 3. The van der Waals surface area contributed by atoms with Crippen LogP contribution in [0.15, 0.2) is 24.4 Å². The van der Waals surface area contributed by atoms with Gasteiger partial charge >= 0.3 is 6.09 Å². The topological polar surface area (TPSA) is 120 Å². The number of nitrogens with zero attached hydrogens (tertiary/aromatic N) is 7. The lowest BCUT2D eigenvalue weighted by Gasteiger charge is -2.50. The van der Waals surface area contributed by atoms with E-state index in [-0.39, 0.29) is 48.3 Å². The van der Waals surface area contributed by atoms with Crippen molar-refractivity contribution in [2.45, 2.75) is 108 Å². The third-order valence-electron chi connectivity index (χ3n) is 13.0. The number of aromatic nitrogens is 3. The van der Waals surface area contributed by atoms with Crippen molar-refractivity contribution < 1.29 is 32.2 Å². The summed E-state index contributed by atoms with van der Waals surface area (Å²) in [6.07, 6.45) is 7.25. The van der Waals surface area contributed by atoms with Crippen LogP contribution in [0.4, 0.5) is 35.2 Å². The number of imidazole rings is 1. The SMILES string of the molecule is CNc1cc(N2CCc3c(CN4CC[C@@H](N5CCC6(CCN(C(=O)OC(C)(C)C)CC6)CC5)C(F)(F)C4)cc(F)cc32)nn2c(C(=O)N[C@@H]3CC[C@H]3OC)cnc12. The molecule has 2 amide bonds. The molecule has 0 radical (unpaired) electrons. The van der Waals surface area contributed by atoms with Gasteiger partial charge in [-0.2, -0.15) is 0 Å². The van der Waals surface area contributed by atoms with Gasteiger partial charge in [0.05, 0.1) is 36.6 Å². The van der Waals surface area contributed by atoms with Crippen LogP contribution in [0.2, 0.25) is 0 Å². The van der Waals surface area contributed by atoms with Crippen molar-refractivity contribution in [2.24, 2.45) is 5.41 Å². The normalized spacial score (nSPS) is 25.0. The van der Waals surface area contributed by atoms with Gasteiger partial charge in [0.2, 0.25) is 0 Å². The van der Waals surface area contributed by atoms with Gasteiger partial charge in [0.25, 0.3) is 11.8 Å². The van der Waals surface area contributed by atoms with Crippen molar-refractivity contribution in [3.63, 3.8) is 0 Å². The Morgan fingerprint density at radius 2 is 1.72 bits per heavy atom. The molecule has 0 bridgehead atoms. The van der Waals surface area contributed by atoms with Crippen LogP contribution in [0.1, 0.15) is 87.3 Å². The molecule has 5 aliphatic rings. The number of likely N-dealkylation sites (tertiary alicyclic amines) is 3. The highest BCUT2D eigenvalue weighted by atomic mass is 19.3. The Kier molecular flexibility index (Phi) is 10.6. The Morgan fingerprint density at radius 1 is 0.982 bits per heavy atom. The minimum atomic E-state index is -2.92. The van der Waals surface area contributed by atoms with Gasteiger partial charge in [-0.15, -0.1) is 5.10 Å². The summed E-state index contributed by atoms with van der Waals surface area (Å²) < 4.78 is 60.1. The van der Waals surface area contributed by atoms with Crippen LogP contribution in [0.3, 0.4) is 0 Å². The highest BCUT2D eigenvalue weighted by molar-refractivity contribution is 5.94. The number of fused-ring (bicyclic) bond motifs is 2. The van der Waals surface area contributed by atoms with Crippen LogP contribution in [0, 0.1) is 11.2 Å². The minimum Gasteiger partial charge on any atom is -0.444 e. The van der Waals surface area contributed by atoms with Crippen LogP contribution in [0.5, 0.6) is 0 Å². The van der Waals surface area contributed by atoms with Crippen molar-refractivity contribution in [3.8, 4) is 0 Å². The average molecular weight is 796 g/mol. The molecule has 6 heterocycles. The maximum Gasteiger partial charge on any atom is 0.410 e. The number of carbonyl (C=O) groups excluding carboxylic acids is 2. The van der Waals surface area contributed by atoms with E-state index in [4.69, 9.17) is 14.6 Å². The van der Waals surface area contributed by atoms with Crippen LogP contribution >= 0.6 is 0 Å². The van der Waals surface area contributed by atoms with Crippen molar-refractivity contribution in [1.29, 1.82) is 0 Å². The first-order valence-corrected chi connectivity index (χ1v) is 20.5. The van der Waals surface area contributed by atoms with Crippen LogP contribution in [0.25, 0.3) is 5.65 Å². The second-order valence-corrected chi connectivity index (χ2v) is 17.7. The van der Waals surface area contributed by atoms with Crippen molar-refractivity contribution in [1.82, 2.24) is 34.6 Å². The number of amides is 2. The number of nitrogens with one attached hydrogen (secondary N) is 2. The molecule has 1 aromatic carbocycles. The monoisotopic (exact) mass is 795 g/mol. The van der Waals surface area contributed by atoms with E-state index in [0.717, 1.165) is 44.1 Å². The first-order chi connectivity index (χ1) is 27.2. The molecule has 2 N–H and O–H groups in total. The molecule has 1 saturated carbocycles. The molecule has 310 valence electrons. The van der Waals surface area contributed by atoms with Crippen LogP contribution in [-0.2, 0) is 22.4 Å². The number of hydrogen-bond acceptors (Lipinski definition) is 10. The zero-order chi connectivity index (χ0) is 40.3. The predicted octanol–water partition coefficient (Wildman–Crippen LogP) is 5.83. The number of benzene rings is 1. The molecule has 3 aromatic rings. The van der Waals surface area contributed by atoms with Crippen molar-refractivity contribution in [2.75, 3.05) is 70.2 Å². The number of rotatable bonds is 8. The smallest absolute Gasteiger partial charge is 0.410 e. The average Bonchev–Trinajstić information content (AvgIpc) is 3.78. The maximum atomic E-state index is 16.1. The molecule has 1 aliphatic carbocycles. The molecular weight excluding hydrogens is 740 g/mol. The van der Waals surface area contributed by atoms with E-state index in [0.29, 0.717) is 80.5 Å². The molecule has 1 spiro atoms. The zero-order valence-corrected chi connectivity index (χ0v) is 33.8. The van der Waals surface area contributed by atoms with Gasteiger partial charge in [0, 0.05) is 58.6 Å². The highest BCUT2D eigenvalue weighted by Crippen LogP contribution is 2.44. The van der Waals surface area contributed by atoms with Gasteiger partial charge in [-0.05, 0) is 114 Å². The summed E-state index contributed by atoms with van der Waals surface area (Å²) in [7, 11) is 3.40. The number of methoxy groups -OCH3 is 1. The van der Waals surface area contributed by atoms with E-state index in [1.807, 2.05) is 36.6 Å². The van der Waals surface area contributed by atoms with Gasteiger partial charge in [-0.3, -0.25) is 14.6 Å². The Bertz CT molecular complexity index is 1980. The Hall–Kier alpha value is -4.15. The quantitative estimate of drug-likeness (QED) is 0.288. The van der Waals surface area contributed by atoms with Gasteiger partial charge in [0.15, 0.2) is 17.2 Å². The molecular formula is C41H56F3N9O4. The number of carbonyl (C=O) groups is 2. The molecule has 3 saturated heterocycles. The molecule has 4 fully saturated rings. The molecule has 57 heavy (non-hydrogen) atoms. The van der Waals surface area contributed by atoms with Crippen LogP contribution < -0.4 is 15.5 Å². The molecule has 0 unspecified atom stereocenters. The molecule has 8 rings (SSSR count). The number of alkyl halides is 2. The fraction of sp³-hybridized carbons (Fsp3) is 0.659. The van der Waals surface area contributed by atoms with Gasteiger partial charge in [-0.1, -0.05) is 0 Å². The number of hydrogen-bond donors (Lipinski definition) is 2. The van der Waals surface area contributed by atoms with Crippen molar-refractivity contribution >= 4 is 34.8 Å². The minimum absolute atomic E-state index is 0.0285. The Morgan fingerprint density at radius 3 is 2.37 bits per heavy atom. The van der Waals surface area contributed by atoms with Crippen LogP contribution in [-0.4, -0.2) is 131 Å². The van der Waals surface area contributed by atoms with E-state index >= 15 is 13.2 Å². The summed E-state index contributed by atoms with van der Waals surface area (Å²) >= 11 is 0. The molecule has 4 aliphatic heterocycles. The molecule has 16 heteroatoms. The predicted molar refractivity (Wildman–Crippen MR) is 210 cm³/mol. The standard InChI is InChI=1S/C41H56F3N9O4/c1-39(2,3)57-38(55)51-18-12-40(13-19-51)10-16-50(17-11-40)34-9-14-49(25-41(34,43)44)24-26-20-27(42)21-31-28(26)8-15-52(31)35-22-30(45-4)36-46-23-32(53(36)48-35)37(54)47-29-6-7-33(29)56-5/h20-23,29,33-34,45H,6-19,24-25H2,1-5H3,(H,47,54)/t29-,33-,34-/m1/s1. The maximum absolute atomic E-state index is 16.1. The lowest BCUT2D eigenvalue weighted by atomic mass is 9.71. The Balaban J connectivity index is 0.920. The second-order valence-electron chi connectivity index (χ2n) is 17.7. The molecule has 3 atom stereocenters. The van der Waals surface area contributed by atoms with E-state index in [1.165, 1.54) is 22.8 Å². The summed E-state index contributed by atoms with van der Waals surface area (Å²) in [5, 5.41) is 11.0. The summed E-state index contributed by atoms with van der Waals surface area (Å²) in [5.74, 6) is -3.16. The number of piperidine rings is 3. The van der Waals surface area contributed by atoms with E-state index in [2.05, 4.69) is 15.6 Å². The van der Waals surface area contributed by atoms with Crippen molar-refractivity contribution in [3.05, 3.63) is 47.0 Å². The fourth-order valence-electron chi connectivity index (χ4n) is 9.64. The summed E-state index contributed by atoms with van der Waals surface area (Å²) in [6, 6.07) is 3.86. The first-order valence-electron chi connectivity index (χ1n) is 20.5. The van der Waals surface area contributed by atoms with Gasteiger partial charge < -0.3 is 29.9 Å². The lowest BCUT2D eigenvalue weighted by Crippen LogP contribution is -2.60. The lowest BCUT2D eigenvalue weighted by molar-refractivity contribution is -0.139. The third kappa shape index (κ3) is 7.88. The Labute approximate surface area is 332 Å². The molecule has 2 aromatic heterocycles. The summed E-state index contributed by atoms with van der Waals surface area (Å²) in [4.78, 5) is 37.9. The van der Waals surface area contributed by atoms with E-state index in [1.54, 1.807) is 24.0 Å². The fourth-order valence-corrected chi connectivity index (χ4v) is 9.64. The van der Waals surface area contributed by atoms with Gasteiger partial charge in [0.1, 0.15) is 11.4 Å². The molecule has 13 nitrogen and oxygen atoms in total. The first kappa shape index (κ1) is 39.7. The zero-order valence-electron chi connectivity index (χ0n) is 33.8. The highest BCUT2D eigenvalue weighted by Gasteiger charge is 2.50. The summed E-state index contributed by atoms with van der Waals surface area (Å²) in [6.45, 7) is 8.93. The van der Waals surface area contributed by atoms with E-state index < -0.39 is 23.4 Å². The third-order valence-corrected chi connectivity index (χ3v) is 13.0. The number of ether oxygens (including phenoxy) is 2. The second kappa shape index (κ2) is 15.2. The van der Waals surface area contributed by atoms with Gasteiger partial charge in [-0.25, -0.2) is 27.5 Å². The summed E-state index contributed by atoms with van der Waals surface area (Å²) in [5.41, 5.74) is 3.20. The number of anilines is 3.